The van der Waals surface area contributed by atoms with Crippen LogP contribution in [0.1, 0.15) is 57.9 Å². The molecule has 2 fully saturated rings. The zero-order valence-corrected chi connectivity index (χ0v) is 17.2. The topological polar surface area (TPSA) is 34.5 Å². The third kappa shape index (κ3) is 2.48. The van der Waals surface area contributed by atoms with Crippen LogP contribution in [-0.2, 0) is 4.84 Å². The molecule has 3 heteroatoms. The molecule has 2 unspecified atom stereocenters. The summed E-state index contributed by atoms with van der Waals surface area (Å²) in [6.45, 7) is 4.99. The van der Waals surface area contributed by atoms with Crippen LogP contribution in [0.2, 0.25) is 0 Å². The van der Waals surface area contributed by atoms with Crippen LogP contribution in [0.25, 0.3) is 5.57 Å². The van der Waals surface area contributed by atoms with Gasteiger partial charge in [-0.05, 0) is 79.1 Å². The molecule has 4 aliphatic carbocycles. The second-order valence-corrected chi connectivity index (χ2v) is 9.42. The lowest BCUT2D eigenvalue weighted by molar-refractivity contribution is 0.0714. The zero-order valence-electron chi connectivity index (χ0n) is 17.2. The number of pyridine rings is 1. The van der Waals surface area contributed by atoms with Crippen molar-refractivity contribution in [1.82, 2.24) is 4.98 Å². The van der Waals surface area contributed by atoms with Gasteiger partial charge >= 0.3 is 0 Å². The molecule has 1 aromatic rings. The van der Waals surface area contributed by atoms with Crippen molar-refractivity contribution in [2.45, 2.75) is 52.4 Å². The Labute approximate surface area is 168 Å². The molecule has 0 saturated heterocycles. The molecule has 1 aromatic heterocycles. The molecule has 1 heterocycles. The van der Waals surface area contributed by atoms with E-state index >= 15 is 0 Å². The Morgan fingerprint density at radius 3 is 2.82 bits per heavy atom. The minimum absolute atomic E-state index is 0.180. The molecule has 0 N–H and O–H groups in total. The Morgan fingerprint density at radius 2 is 2.04 bits per heavy atom. The summed E-state index contributed by atoms with van der Waals surface area (Å²) in [7, 11) is 1.65. The van der Waals surface area contributed by atoms with Gasteiger partial charge in [0.05, 0.1) is 5.71 Å². The number of rotatable bonds is 2. The van der Waals surface area contributed by atoms with Gasteiger partial charge in [-0.2, -0.15) is 0 Å². The lowest BCUT2D eigenvalue weighted by atomic mass is 9.48. The van der Waals surface area contributed by atoms with E-state index in [9.17, 15) is 0 Å². The van der Waals surface area contributed by atoms with Crippen LogP contribution in [0.4, 0.5) is 0 Å². The first-order valence-electron chi connectivity index (χ1n) is 10.7. The molecule has 4 atom stereocenters. The van der Waals surface area contributed by atoms with E-state index in [0.717, 1.165) is 18.1 Å². The highest BCUT2D eigenvalue weighted by atomic mass is 16.6. The molecular formula is C25H30N2O. The van der Waals surface area contributed by atoms with E-state index in [2.05, 4.69) is 54.3 Å². The maximum absolute atomic E-state index is 5.05. The van der Waals surface area contributed by atoms with E-state index in [1.165, 1.54) is 43.2 Å². The van der Waals surface area contributed by atoms with E-state index in [4.69, 9.17) is 4.84 Å². The van der Waals surface area contributed by atoms with Crippen LogP contribution in [0.15, 0.2) is 59.1 Å². The van der Waals surface area contributed by atoms with Crippen molar-refractivity contribution in [3.63, 3.8) is 0 Å². The predicted molar refractivity (Wildman–Crippen MR) is 114 cm³/mol. The zero-order chi connectivity index (χ0) is 19.4. The van der Waals surface area contributed by atoms with Crippen LogP contribution in [0.5, 0.6) is 0 Å². The quantitative estimate of drug-likeness (QED) is 0.599. The molecule has 0 amide bonds. The number of nitrogens with zero attached hydrogens (tertiary/aromatic N) is 2. The highest BCUT2D eigenvalue weighted by Gasteiger charge is 2.54. The Morgan fingerprint density at radius 1 is 1.14 bits per heavy atom. The maximum Gasteiger partial charge on any atom is 0.106 e. The highest BCUT2D eigenvalue weighted by molar-refractivity contribution is 5.96. The van der Waals surface area contributed by atoms with Crippen molar-refractivity contribution in [3.8, 4) is 0 Å². The summed E-state index contributed by atoms with van der Waals surface area (Å²) in [5.74, 6) is 1.45. The van der Waals surface area contributed by atoms with Crippen LogP contribution in [-0.4, -0.2) is 17.8 Å². The largest absolute Gasteiger partial charge is 0.399 e. The first kappa shape index (κ1) is 17.9. The molecule has 146 valence electrons. The van der Waals surface area contributed by atoms with Crippen molar-refractivity contribution >= 4 is 11.3 Å². The Bertz CT molecular complexity index is 910. The molecular weight excluding hydrogens is 344 g/mol. The van der Waals surface area contributed by atoms with Crippen molar-refractivity contribution in [2.75, 3.05) is 7.11 Å². The molecule has 28 heavy (non-hydrogen) atoms. The van der Waals surface area contributed by atoms with Crippen molar-refractivity contribution in [1.29, 1.82) is 0 Å². The molecule has 0 aromatic carbocycles. The summed E-state index contributed by atoms with van der Waals surface area (Å²) in [6, 6.07) is 4.27. The van der Waals surface area contributed by atoms with Gasteiger partial charge in [-0.15, -0.1) is 0 Å². The van der Waals surface area contributed by atoms with Gasteiger partial charge in [0, 0.05) is 17.8 Å². The smallest absolute Gasteiger partial charge is 0.106 e. The predicted octanol–water partition coefficient (Wildman–Crippen LogP) is 5.96. The lowest BCUT2D eigenvalue weighted by Gasteiger charge is -2.56. The summed E-state index contributed by atoms with van der Waals surface area (Å²) in [6.07, 6.45) is 18.3. The van der Waals surface area contributed by atoms with Gasteiger partial charge in [0.15, 0.2) is 0 Å². The molecule has 2 saturated carbocycles. The molecule has 0 aliphatic heterocycles. The summed E-state index contributed by atoms with van der Waals surface area (Å²) in [4.78, 5) is 9.42. The summed E-state index contributed by atoms with van der Waals surface area (Å²) in [5.41, 5.74) is 7.66. The highest BCUT2D eigenvalue weighted by Crippen LogP contribution is 2.65. The van der Waals surface area contributed by atoms with Gasteiger partial charge in [-0.3, -0.25) is 4.98 Å². The van der Waals surface area contributed by atoms with Crippen molar-refractivity contribution < 1.29 is 4.84 Å². The molecule has 0 radical (unpaired) electrons. The normalized spacial score (nSPS) is 38.0. The fourth-order valence-corrected chi connectivity index (χ4v) is 6.69. The summed E-state index contributed by atoms with van der Waals surface area (Å²) < 4.78 is 0. The Kier molecular flexibility index (Phi) is 4.12. The first-order chi connectivity index (χ1) is 13.6. The molecule has 4 aliphatic rings. The number of aromatic nitrogens is 1. The second-order valence-electron chi connectivity index (χ2n) is 9.42. The number of allylic oxidation sites excluding steroid dienone is 6. The molecule has 0 bridgehead atoms. The second kappa shape index (κ2) is 6.43. The Balaban J connectivity index is 1.46. The minimum Gasteiger partial charge on any atom is -0.399 e. The maximum atomic E-state index is 5.05. The van der Waals surface area contributed by atoms with E-state index in [-0.39, 0.29) is 5.41 Å². The summed E-state index contributed by atoms with van der Waals surface area (Å²) in [5, 5.41) is 4.23. The van der Waals surface area contributed by atoms with Gasteiger partial charge in [0.25, 0.3) is 0 Å². The van der Waals surface area contributed by atoms with Crippen molar-refractivity contribution in [3.05, 3.63) is 59.5 Å². The monoisotopic (exact) mass is 374 g/mol. The fraction of sp³-hybridized carbons (Fsp3) is 0.520. The van der Waals surface area contributed by atoms with Gasteiger partial charge < -0.3 is 4.84 Å². The van der Waals surface area contributed by atoms with E-state index in [1.807, 2.05) is 12.4 Å². The number of oxime groups is 1. The standard InChI is InChI=1S/C25H30N2O/c1-24-12-10-19(27-28-3)15-18(24)6-7-20-22-9-8-21(17-5-4-14-26-16-17)25(22,2)13-11-23(20)24/h4-5,8-9,14-16,20,23H,6-7,10-13H2,1-3H3/t20?,23?,24-,25+/m0/s1. The van der Waals surface area contributed by atoms with Gasteiger partial charge in [-0.25, -0.2) is 0 Å². The third-order valence-electron chi connectivity index (χ3n) is 8.20. The average Bonchev–Trinajstić information content (AvgIpc) is 3.06. The van der Waals surface area contributed by atoms with E-state index in [1.54, 1.807) is 18.3 Å². The Hall–Kier alpha value is -2.16. The minimum atomic E-state index is 0.180. The van der Waals surface area contributed by atoms with Gasteiger partial charge in [0.1, 0.15) is 7.11 Å². The lowest BCUT2D eigenvalue weighted by Crippen LogP contribution is -2.47. The fourth-order valence-electron chi connectivity index (χ4n) is 6.69. The van der Waals surface area contributed by atoms with Gasteiger partial charge in [0.2, 0.25) is 0 Å². The van der Waals surface area contributed by atoms with E-state index < -0.39 is 0 Å². The van der Waals surface area contributed by atoms with Crippen LogP contribution in [0, 0.1) is 22.7 Å². The number of fused-ring (bicyclic) bond motifs is 5. The number of hydrogen-bond acceptors (Lipinski definition) is 3. The average molecular weight is 375 g/mol. The molecule has 3 nitrogen and oxygen atoms in total. The SMILES string of the molecule is CON=C1C=C2CCC3C4=CC=C(c5cccnc5)[C@@]4(C)CCC3[C@@]2(C)CC1. The van der Waals surface area contributed by atoms with Crippen LogP contribution < -0.4 is 0 Å². The third-order valence-corrected chi connectivity index (χ3v) is 8.20. The molecule has 5 rings (SSSR count). The van der Waals surface area contributed by atoms with Crippen LogP contribution in [0.3, 0.4) is 0 Å². The first-order valence-corrected chi connectivity index (χ1v) is 10.7. The van der Waals surface area contributed by atoms with Crippen molar-refractivity contribution in [2.24, 2.45) is 27.8 Å². The van der Waals surface area contributed by atoms with E-state index in [0.29, 0.717) is 11.3 Å². The van der Waals surface area contributed by atoms with Crippen LogP contribution >= 0.6 is 0 Å². The van der Waals surface area contributed by atoms with Gasteiger partial charge in [-0.1, -0.05) is 48.4 Å². The summed E-state index contributed by atoms with van der Waals surface area (Å²) >= 11 is 0. The molecule has 0 spiro atoms. The number of hydrogen-bond donors (Lipinski definition) is 0.